The van der Waals surface area contributed by atoms with Gasteiger partial charge in [-0.05, 0) is 35.9 Å². The van der Waals surface area contributed by atoms with Crippen LogP contribution in [0.15, 0.2) is 72.9 Å². The minimum atomic E-state index is 0.645. The molecular weight excluding hydrogens is 310 g/mol. The van der Waals surface area contributed by atoms with E-state index in [1.807, 2.05) is 66.9 Å². The highest BCUT2D eigenvalue weighted by atomic mass is 16.5. The summed E-state index contributed by atoms with van der Waals surface area (Å²) in [7, 11) is 1.68. The zero-order valence-electron chi connectivity index (χ0n) is 13.9. The second-order valence-corrected chi connectivity index (χ2v) is 5.79. The van der Waals surface area contributed by atoms with Crippen molar-refractivity contribution in [2.24, 2.45) is 0 Å². The molecule has 0 radical (unpaired) electrons. The fraction of sp³-hybridized carbons (Fsp3) is 0.0952. The number of para-hydroxylation sites is 1. The molecule has 0 saturated carbocycles. The number of rotatable bonds is 4. The van der Waals surface area contributed by atoms with E-state index in [4.69, 9.17) is 9.72 Å². The van der Waals surface area contributed by atoms with Crippen LogP contribution in [0.3, 0.4) is 0 Å². The van der Waals surface area contributed by atoms with Crippen molar-refractivity contribution in [3.05, 3.63) is 84.2 Å². The zero-order valence-corrected chi connectivity index (χ0v) is 13.9. The Balaban J connectivity index is 1.66. The minimum Gasteiger partial charge on any atom is -0.497 e. The molecular formula is C21H17N3O. The Hall–Kier alpha value is -3.27. The van der Waals surface area contributed by atoms with Gasteiger partial charge in [-0.1, -0.05) is 36.4 Å². The minimum absolute atomic E-state index is 0.645. The van der Waals surface area contributed by atoms with Crippen LogP contribution < -0.4 is 4.74 Å². The Morgan fingerprint density at radius 1 is 0.880 bits per heavy atom. The molecule has 2 heterocycles. The van der Waals surface area contributed by atoms with E-state index in [1.54, 1.807) is 7.11 Å². The van der Waals surface area contributed by atoms with Gasteiger partial charge >= 0.3 is 0 Å². The number of methoxy groups -OCH3 is 1. The topological polar surface area (TPSA) is 47.9 Å². The van der Waals surface area contributed by atoms with Crippen molar-refractivity contribution >= 4 is 10.9 Å². The van der Waals surface area contributed by atoms with Crippen molar-refractivity contribution < 1.29 is 4.74 Å². The maximum atomic E-state index is 5.29. The maximum Gasteiger partial charge on any atom is 0.178 e. The highest BCUT2D eigenvalue weighted by Gasteiger charge is 2.06. The molecule has 0 N–H and O–H groups in total. The lowest BCUT2D eigenvalue weighted by atomic mass is 10.1. The Labute approximate surface area is 146 Å². The second-order valence-electron chi connectivity index (χ2n) is 5.79. The molecule has 0 saturated heterocycles. The first-order valence-electron chi connectivity index (χ1n) is 8.13. The van der Waals surface area contributed by atoms with Crippen LogP contribution in [0.4, 0.5) is 0 Å². The Bertz CT molecular complexity index is 1030. The first-order chi connectivity index (χ1) is 12.3. The average molecular weight is 327 g/mol. The summed E-state index contributed by atoms with van der Waals surface area (Å²) >= 11 is 0. The fourth-order valence-corrected chi connectivity index (χ4v) is 2.79. The summed E-state index contributed by atoms with van der Waals surface area (Å²) in [5.74, 6) is 1.50. The van der Waals surface area contributed by atoms with E-state index in [0.717, 1.165) is 40.0 Å². The van der Waals surface area contributed by atoms with Gasteiger partial charge in [-0.15, -0.1) is 0 Å². The molecule has 0 aliphatic heterocycles. The molecule has 0 aliphatic carbocycles. The molecule has 0 amide bonds. The first-order valence-corrected chi connectivity index (χ1v) is 8.13. The number of aromatic nitrogens is 3. The quantitative estimate of drug-likeness (QED) is 0.561. The molecule has 0 bridgehead atoms. The SMILES string of the molecule is COc1cccc(Cc2cccc(-c3ncc4ccccc4n3)n2)c1. The van der Waals surface area contributed by atoms with E-state index in [9.17, 15) is 0 Å². The van der Waals surface area contributed by atoms with Crippen LogP contribution in [-0.4, -0.2) is 22.1 Å². The molecule has 0 spiro atoms. The van der Waals surface area contributed by atoms with Gasteiger partial charge in [0.1, 0.15) is 11.4 Å². The van der Waals surface area contributed by atoms with Crippen LogP contribution in [0.25, 0.3) is 22.4 Å². The molecule has 122 valence electrons. The highest BCUT2D eigenvalue weighted by molar-refractivity contribution is 5.79. The van der Waals surface area contributed by atoms with Gasteiger partial charge in [0.05, 0.1) is 12.6 Å². The van der Waals surface area contributed by atoms with Gasteiger partial charge < -0.3 is 4.74 Å². The van der Waals surface area contributed by atoms with Gasteiger partial charge in [-0.3, -0.25) is 0 Å². The van der Waals surface area contributed by atoms with Crippen LogP contribution in [0, 0.1) is 0 Å². The summed E-state index contributed by atoms with van der Waals surface area (Å²) < 4.78 is 5.29. The lowest BCUT2D eigenvalue weighted by molar-refractivity contribution is 0.414. The summed E-state index contributed by atoms with van der Waals surface area (Å²) in [5, 5.41) is 1.03. The number of fused-ring (bicyclic) bond motifs is 1. The molecule has 0 atom stereocenters. The zero-order chi connectivity index (χ0) is 17.1. The Morgan fingerprint density at radius 2 is 1.76 bits per heavy atom. The fourth-order valence-electron chi connectivity index (χ4n) is 2.79. The average Bonchev–Trinajstić information content (AvgIpc) is 2.68. The summed E-state index contributed by atoms with van der Waals surface area (Å²) in [6, 6.07) is 21.9. The summed E-state index contributed by atoms with van der Waals surface area (Å²) in [6.07, 6.45) is 2.58. The van der Waals surface area contributed by atoms with Crippen LogP contribution in [0.2, 0.25) is 0 Å². The number of pyridine rings is 1. The predicted molar refractivity (Wildman–Crippen MR) is 98.6 cm³/mol. The van der Waals surface area contributed by atoms with E-state index >= 15 is 0 Å². The molecule has 2 aromatic heterocycles. The standard InChI is InChI=1S/C21H17N3O/c1-25-18-9-4-6-15(13-18)12-17-8-5-11-20(23-17)21-22-14-16-7-2-3-10-19(16)24-21/h2-11,13-14H,12H2,1H3. The van der Waals surface area contributed by atoms with E-state index in [0.29, 0.717) is 5.82 Å². The van der Waals surface area contributed by atoms with E-state index < -0.39 is 0 Å². The first kappa shape index (κ1) is 15.3. The molecule has 0 aliphatic rings. The second kappa shape index (κ2) is 6.69. The number of nitrogens with zero attached hydrogens (tertiary/aromatic N) is 3. The molecule has 4 nitrogen and oxygen atoms in total. The van der Waals surface area contributed by atoms with Gasteiger partial charge in [0.15, 0.2) is 5.82 Å². The van der Waals surface area contributed by atoms with Crippen molar-refractivity contribution in [1.82, 2.24) is 15.0 Å². The van der Waals surface area contributed by atoms with Crippen LogP contribution in [0.1, 0.15) is 11.3 Å². The molecule has 4 heteroatoms. The lowest BCUT2D eigenvalue weighted by Gasteiger charge is -2.06. The van der Waals surface area contributed by atoms with E-state index in [-0.39, 0.29) is 0 Å². The van der Waals surface area contributed by atoms with Gasteiger partial charge in [-0.2, -0.15) is 0 Å². The molecule has 4 aromatic rings. The third kappa shape index (κ3) is 3.33. The maximum absolute atomic E-state index is 5.29. The molecule has 2 aromatic carbocycles. The van der Waals surface area contributed by atoms with E-state index in [1.165, 1.54) is 0 Å². The monoisotopic (exact) mass is 327 g/mol. The molecule has 0 fully saturated rings. The third-order valence-electron chi connectivity index (χ3n) is 4.04. The van der Waals surface area contributed by atoms with Crippen LogP contribution in [-0.2, 0) is 6.42 Å². The number of ether oxygens (including phenoxy) is 1. The number of hydrogen-bond acceptors (Lipinski definition) is 4. The van der Waals surface area contributed by atoms with Crippen molar-refractivity contribution in [3.8, 4) is 17.3 Å². The summed E-state index contributed by atoms with van der Waals surface area (Å²) in [6.45, 7) is 0. The van der Waals surface area contributed by atoms with Crippen molar-refractivity contribution in [2.45, 2.75) is 6.42 Å². The largest absolute Gasteiger partial charge is 0.497 e. The lowest BCUT2D eigenvalue weighted by Crippen LogP contribution is -1.97. The predicted octanol–water partition coefficient (Wildman–Crippen LogP) is 4.29. The van der Waals surface area contributed by atoms with Gasteiger partial charge in [0, 0.05) is 23.7 Å². The van der Waals surface area contributed by atoms with Crippen LogP contribution >= 0.6 is 0 Å². The Kier molecular flexibility index (Phi) is 4.09. The highest BCUT2D eigenvalue weighted by Crippen LogP contribution is 2.19. The van der Waals surface area contributed by atoms with E-state index in [2.05, 4.69) is 16.0 Å². The normalized spacial score (nSPS) is 10.8. The van der Waals surface area contributed by atoms with Crippen molar-refractivity contribution in [3.63, 3.8) is 0 Å². The van der Waals surface area contributed by atoms with Crippen molar-refractivity contribution in [1.29, 1.82) is 0 Å². The summed E-state index contributed by atoms with van der Waals surface area (Å²) in [4.78, 5) is 13.8. The third-order valence-corrected chi connectivity index (χ3v) is 4.04. The van der Waals surface area contributed by atoms with Gasteiger partial charge in [0.2, 0.25) is 0 Å². The number of hydrogen-bond donors (Lipinski definition) is 0. The molecule has 25 heavy (non-hydrogen) atoms. The molecule has 0 unspecified atom stereocenters. The number of benzene rings is 2. The smallest absolute Gasteiger partial charge is 0.178 e. The van der Waals surface area contributed by atoms with Crippen LogP contribution in [0.5, 0.6) is 5.75 Å². The summed E-state index contributed by atoms with van der Waals surface area (Å²) in [5.41, 5.74) is 3.84. The van der Waals surface area contributed by atoms with Gasteiger partial charge in [-0.25, -0.2) is 15.0 Å². The Morgan fingerprint density at radius 3 is 2.68 bits per heavy atom. The van der Waals surface area contributed by atoms with Gasteiger partial charge in [0.25, 0.3) is 0 Å². The van der Waals surface area contributed by atoms with Crippen molar-refractivity contribution in [2.75, 3.05) is 7.11 Å². The molecule has 4 rings (SSSR count).